The van der Waals surface area contributed by atoms with E-state index in [1.807, 2.05) is 55.6 Å². The van der Waals surface area contributed by atoms with Crippen LogP contribution in [0, 0.1) is 0 Å². The number of aromatic amines is 1. The van der Waals surface area contributed by atoms with E-state index < -0.39 is 0 Å². The zero-order valence-electron chi connectivity index (χ0n) is 13.0. The van der Waals surface area contributed by atoms with Crippen LogP contribution in [0.3, 0.4) is 0 Å². The highest BCUT2D eigenvalue weighted by Crippen LogP contribution is 2.33. The molecule has 3 rings (SSSR count). The fourth-order valence-electron chi connectivity index (χ4n) is 2.87. The maximum atomic E-state index is 11.7. The number of H-pyrrole nitrogens is 1. The molecule has 0 aliphatic heterocycles. The molecule has 4 heteroatoms. The van der Waals surface area contributed by atoms with Crippen molar-refractivity contribution in [1.29, 1.82) is 0 Å². The Labute approximate surface area is 140 Å². The fourth-order valence-corrected chi connectivity index (χ4v) is 3.14. The van der Waals surface area contributed by atoms with E-state index in [9.17, 15) is 4.79 Å². The molecule has 0 radical (unpaired) electrons. The van der Waals surface area contributed by atoms with E-state index in [0.29, 0.717) is 18.0 Å². The third kappa shape index (κ3) is 3.25. The van der Waals surface area contributed by atoms with Crippen LogP contribution in [0.1, 0.15) is 30.4 Å². The summed E-state index contributed by atoms with van der Waals surface area (Å²) >= 11 is 6.41. The van der Waals surface area contributed by atoms with E-state index in [1.54, 1.807) is 0 Å². The molecule has 0 saturated heterocycles. The number of fused-ring (bicyclic) bond motifs is 1. The normalized spacial score (nSPS) is 12.3. The second kappa shape index (κ2) is 6.88. The van der Waals surface area contributed by atoms with Gasteiger partial charge < -0.3 is 10.3 Å². The maximum Gasteiger partial charge on any atom is 0.219 e. The lowest BCUT2D eigenvalue weighted by Crippen LogP contribution is -2.28. The molecule has 0 aliphatic rings. The number of amides is 1. The van der Waals surface area contributed by atoms with E-state index in [0.717, 1.165) is 22.0 Å². The van der Waals surface area contributed by atoms with Gasteiger partial charge >= 0.3 is 0 Å². The van der Waals surface area contributed by atoms with E-state index >= 15 is 0 Å². The quantitative estimate of drug-likeness (QED) is 0.713. The van der Waals surface area contributed by atoms with Crippen molar-refractivity contribution in [2.45, 2.75) is 19.3 Å². The van der Waals surface area contributed by atoms with Crippen LogP contribution in [0.5, 0.6) is 0 Å². The summed E-state index contributed by atoms with van der Waals surface area (Å²) in [7, 11) is 0. The van der Waals surface area contributed by atoms with Crippen LogP contribution in [0.4, 0.5) is 0 Å². The zero-order chi connectivity index (χ0) is 16.2. The summed E-state index contributed by atoms with van der Waals surface area (Å²) in [6.45, 7) is 2.38. The molecular formula is C19H19ClN2O. The van der Waals surface area contributed by atoms with Gasteiger partial charge in [-0.05, 0) is 23.3 Å². The first-order valence-corrected chi connectivity index (χ1v) is 8.15. The van der Waals surface area contributed by atoms with E-state index in [1.165, 1.54) is 0 Å². The van der Waals surface area contributed by atoms with Crippen LogP contribution in [0.15, 0.2) is 54.7 Å². The first-order valence-electron chi connectivity index (χ1n) is 7.77. The Balaban J connectivity index is 2.04. The monoisotopic (exact) mass is 326 g/mol. The number of hydrogen-bond acceptors (Lipinski definition) is 1. The van der Waals surface area contributed by atoms with Gasteiger partial charge in [0.25, 0.3) is 0 Å². The molecule has 0 spiro atoms. The van der Waals surface area contributed by atoms with Crippen molar-refractivity contribution in [3.8, 4) is 0 Å². The molecule has 118 valence electrons. The van der Waals surface area contributed by atoms with Crippen molar-refractivity contribution in [3.05, 3.63) is 70.9 Å². The number of hydrogen-bond donors (Lipinski definition) is 2. The Morgan fingerprint density at radius 2 is 1.87 bits per heavy atom. The smallest absolute Gasteiger partial charge is 0.219 e. The fraction of sp³-hybridized carbons (Fsp3) is 0.211. The molecular weight excluding hydrogens is 308 g/mol. The Morgan fingerprint density at radius 3 is 2.65 bits per heavy atom. The first-order chi connectivity index (χ1) is 11.2. The van der Waals surface area contributed by atoms with Crippen LogP contribution >= 0.6 is 11.6 Å². The van der Waals surface area contributed by atoms with Crippen molar-refractivity contribution < 1.29 is 4.79 Å². The summed E-state index contributed by atoms with van der Waals surface area (Å²) in [6.07, 6.45) is 2.49. The molecule has 3 nitrogen and oxygen atoms in total. The van der Waals surface area contributed by atoms with Gasteiger partial charge in [0.1, 0.15) is 0 Å². The molecule has 3 aromatic rings. The summed E-state index contributed by atoms with van der Waals surface area (Å²) in [6, 6.07) is 16.0. The van der Waals surface area contributed by atoms with Crippen LogP contribution in [-0.2, 0) is 4.79 Å². The SMILES string of the molecule is CCC(=O)NC[C@H](c1ccccc1Cl)c1c[nH]c2ccccc12. The van der Waals surface area contributed by atoms with Crippen LogP contribution < -0.4 is 5.32 Å². The predicted molar refractivity (Wildman–Crippen MR) is 94.9 cm³/mol. The third-order valence-electron chi connectivity index (χ3n) is 4.10. The molecule has 0 saturated carbocycles. The number of nitrogens with one attached hydrogen (secondary N) is 2. The first kappa shape index (κ1) is 15.6. The number of benzene rings is 2. The highest BCUT2D eigenvalue weighted by Gasteiger charge is 2.20. The van der Waals surface area contributed by atoms with Crippen molar-refractivity contribution >= 4 is 28.4 Å². The average Bonchev–Trinajstić information content (AvgIpc) is 3.00. The molecule has 0 unspecified atom stereocenters. The lowest BCUT2D eigenvalue weighted by atomic mass is 9.90. The second-order valence-electron chi connectivity index (χ2n) is 5.52. The highest BCUT2D eigenvalue weighted by atomic mass is 35.5. The molecule has 2 N–H and O–H groups in total. The summed E-state index contributed by atoms with van der Waals surface area (Å²) in [5.41, 5.74) is 3.25. The molecule has 1 heterocycles. The van der Waals surface area contributed by atoms with Gasteiger partial charge in [-0.25, -0.2) is 0 Å². The van der Waals surface area contributed by atoms with E-state index in [-0.39, 0.29) is 11.8 Å². The third-order valence-corrected chi connectivity index (χ3v) is 4.45. The van der Waals surface area contributed by atoms with Crippen molar-refractivity contribution in [2.24, 2.45) is 0 Å². The molecule has 1 atom stereocenters. The lowest BCUT2D eigenvalue weighted by molar-refractivity contribution is -0.120. The molecule has 2 aromatic carbocycles. The summed E-state index contributed by atoms with van der Waals surface area (Å²) in [4.78, 5) is 15.0. The van der Waals surface area contributed by atoms with Gasteiger partial charge in [0.2, 0.25) is 5.91 Å². The number of halogens is 1. The summed E-state index contributed by atoms with van der Waals surface area (Å²) in [5, 5.41) is 4.87. The second-order valence-corrected chi connectivity index (χ2v) is 5.93. The summed E-state index contributed by atoms with van der Waals surface area (Å²) in [5.74, 6) is 0.0530. The number of carbonyl (C=O) groups excluding carboxylic acids is 1. The number of para-hydroxylation sites is 1. The van der Waals surface area contributed by atoms with Crippen molar-refractivity contribution in [1.82, 2.24) is 10.3 Å². The van der Waals surface area contributed by atoms with Gasteiger partial charge in [-0.2, -0.15) is 0 Å². The largest absolute Gasteiger partial charge is 0.361 e. The Hall–Kier alpha value is -2.26. The van der Waals surface area contributed by atoms with Gasteiger partial charge in [0.05, 0.1) is 0 Å². The van der Waals surface area contributed by atoms with Crippen molar-refractivity contribution in [2.75, 3.05) is 6.54 Å². The standard InChI is InChI=1S/C19H19ClN2O/c1-2-19(23)22-12-15(13-7-3-5-9-17(13)20)16-11-21-18-10-6-4-8-14(16)18/h3-11,15,21H,2,12H2,1H3,(H,22,23)/t15-/m1/s1. The van der Waals surface area contributed by atoms with Crippen LogP contribution in [-0.4, -0.2) is 17.4 Å². The lowest BCUT2D eigenvalue weighted by Gasteiger charge is -2.19. The minimum atomic E-state index is 0.00958. The number of carbonyl (C=O) groups is 1. The van der Waals surface area contributed by atoms with Gasteiger partial charge in [0, 0.05) is 41.0 Å². The Bertz CT molecular complexity index is 825. The average molecular weight is 327 g/mol. The topological polar surface area (TPSA) is 44.9 Å². The molecule has 0 bridgehead atoms. The maximum absolute atomic E-state index is 11.7. The molecule has 23 heavy (non-hydrogen) atoms. The molecule has 1 aromatic heterocycles. The minimum Gasteiger partial charge on any atom is -0.361 e. The molecule has 0 aliphatic carbocycles. The van der Waals surface area contributed by atoms with Gasteiger partial charge in [0.15, 0.2) is 0 Å². The van der Waals surface area contributed by atoms with Gasteiger partial charge in [-0.3, -0.25) is 4.79 Å². The zero-order valence-corrected chi connectivity index (χ0v) is 13.7. The summed E-state index contributed by atoms with van der Waals surface area (Å²) < 4.78 is 0. The number of rotatable bonds is 5. The molecule has 0 fully saturated rings. The van der Waals surface area contributed by atoms with Crippen LogP contribution in [0.25, 0.3) is 10.9 Å². The Kier molecular flexibility index (Phi) is 4.68. The van der Waals surface area contributed by atoms with E-state index in [4.69, 9.17) is 11.6 Å². The van der Waals surface area contributed by atoms with Crippen molar-refractivity contribution in [3.63, 3.8) is 0 Å². The van der Waals surface area contributed by atoms with Gasteiger partial charge in [-0.1, -0.05) is 54.9 Å². The van der Waals surface area contributed by atoms with Gasteiger partial charge in [-0.15, -0.1) is 0 Å². The van der Waals surface area contributed by atoms with Crippen LogP contribution in [0.2, 0.25) is 5.02 Å². The van der Waals surface area contributed by atoms with E-state index in [2.05, 4.69) is 16.4 Å². The highest BCUT2D eigenvalue weighted by molar-refractivity contribution is 6.31. The molecule has 1 amide bonds. The predicted octanol–water partition coefficient (Wildman–Crippen LogP) is 4.48. The minimum absolute atomic E-state index is 0.00958. The Morgan fingerprint density at radius 1 is 1.13 bits per heavy atom. The number of aromatic nitrogens is 1.